The molecule has 20 heavy (non-hydrogen) atoms. The number of rotatable bonds is 4. The van der Waals surface area contributed by atoms with Crippen LogP contribution in [0.15, 0.2) is 24.3 Å². The Hall–Kier alpha value is -1.64. The van der Waals surface area contributed by atoms with Crippen molar-refractivity contribution in [2.45, 2.75) is 48.0 Å². The lowest BCUT2D eigenvalue weighted by molar-refractivity contribution is 0.0504. The number of carbonyl (C=O) groups excluding carboxylic acids is 2. The maximum Gasteiger partial charge on any atom is 0.338 e. The number of ether oxygens (including phenoxy) is 1. The molecule has 0 radical (unpaired) electrons. The van der Waals surface area contributed by atoms with Crippen LogP contribution in [0.2, 0.25) is 0 Å². The Kier molecular flexibility index (Phi) is 7.82. The highest BCUT2D eigenvalue weighted by Crippen LogP contribution is 2.21. The smallest absolute Gasteiger partial charge is 0.338 e. The van der Waals surface area contributed by atoms with Gasteiger partial charge in [-0.2, -0.15) is 0 Å². The standard InChI is InChI=1S/C15H20O3.C2H6/c1-5-10-18-14(17)12-8-6-11(7-9-12)13(16)15(2,3)4;1-2/h6-9H,5,10H2,1-4H3;1-2H3. The van der Waals surface area contributed by atoms with Gasteiger partial charge in [0.15, 0.2) is 5.78 Å². The summed E-state index contributed by atoms with van der Waals surface area (Å²) in [6.45, 7) is 12.0. The number of ketones is 1. The summed E-state index contributed by atoms with van der Waals surface area (Å²) in [4.78, 5) is 23.6. The Bertz CT molecular complexity index is 425. The zero-order chi connectivity index (χ0) is 15.8. The van der Waals surface area contributed by atoms with Crippen LogP contribution in [0.5, 0.6) is 0 Å². The summed E-state index contributed by atoms with van der Waals surface area (Å²) in [5.74, 6) is -0.275. The minimum atomic E-state index is -0.412. The first-order valence-corrected chi connectivity index (χ1v) is 7.18. The molecule has 0 saturated carbocycles. The maximum atomic E-state index is 12.0. The van der Waals surface area contributed by atoms with Gasteiger partial charge in [-0.15, -0.1) is 0 Å². The van der Waals surface area contributed by atoms with Gasteiger partial charge in [0.1, 0.15) is 0 Å². The van der Waals surface area contributed by atoms with Crippen LogP contribution < -0.4 is 0 Å². The third kappa shape index (κ3) is 5.55. The van der Waals surface area contributed by atoms with E-state index in [2.05, 4.69) is 0 Å². The van der Waals surface area contributed by atoms with Crippen molar-refractivity contribution in [3.05, 3.63) is 35.4 Å². The average molecular weight is 278 g/mol. The third-order valence-electron chi connectivity index (χ3n) is 2.50. The number of hydrogen-bond acceptors (Lipinski definition) is 3. The van der Waals surface area contributed by atoms with Crippen LogP contribution in [0.1, 0.15) is 68.7 Å². The van der Waals surface area contributed by atoms with Gasteiger partial charge in [0.2, 0.25) is 0 Å². The van der Waals surface area contributed by atoms with Gasteiger partial charge < -0.3 is 4.74 Å². The van der Waals surface area contributed by atoms with Crippen LogP contribution in [0.4, 0.5) is 0 Å². The lowest BCUT2D eigenvalue weighted by Crippen LogP contribution is -2.20. The van der Waals surface area contributed by atoms with Gasteiger partial charge in [-0.3, -0.25) is 4.79 Å². The summed E-state index contributed by atoms with van der Waals surface area (Å²) < 4.78 is 5.02. The Balaban J connectivity index is 0.00000172. The van der Waals surface area contributed by atoms with Gasteiger partial charge in [0.05, 0.1) is 12.2 Å². The summed E-state index contributed by atoms with van der Waals surface area (Å²) in [5.41, 5.74) is 0.688. The summed E-state index contributed by atoms with van der Waals surface area (Å²) in [6.07, 6.45) is 0.798. The molecule has 1 rings (SSSR count). The van der Waals surface area contributed by atoms with Gasteiger partial charge in [-0.1, -0.05) is 53.7 Å². The summed E-state index contributed by atoms with van der Waals surface area (Å²) in [6, 6.07) is 6.63. The largest absolute Gasteiger partial charge is 0.462 e. The van der Waals surface area contributed by atoms with Crippen molar-refractivity contribution in [2.75, 3.05) is 6.61 Å². The van der Waals surface area contributed by atoms with Crippen molar-refractivity contribution in [1.29, 1.82) is 0 Å². The molecule has 0 aliphatic heterocycles. The summed E-state index contributed by atoms with van der Waals surface area (Å²) in [7, 11) is 0. The lowest BCUT2D eigenvalue weighted by Gasteiger charge is -2.16. The predicted molar refractivity (Wildman–Crippen MR) is 82.1 cm³/mol. The molecule has 0 unspecified atom stereocenters. The molecule has 1 aromatic rings. The molecule has 0 aromatic heterocycles. The van der Waals surface area contributed by atoms with E-state index in [1.54, 1.807) is 24.3 Å². The summed E-state index contributed by atoms with van der Waals surface area (Å²) in [5, 5.41) is 0. The van der Waals surface area contributed by atoms with Crippen LogP contribution in [0, 0.1) is 5.41 Å². The highest BCUT2D eigenvalue weighted by molar-refractivity contribution is 6.00. The zero-order valence-corrected chi connectivity index (χ0v) is 13.4. The molecule has 0 bridgehead atoms. The molecule has 0 aliphatic carbocycles. The van der Waals surface area contributed by atoms with E-state index in [1.165, 1.54) is 0 Å². The second kappa shape index (κ2) is 8.51. The van der Waals surface area contributed by atoms with Crippen LogP contribution in [0.25, 0.3) is 0 Å². The highest BCUT2D eigenvalue weighted by Gasteiger charge is 2.22. The maximum absolute atomic E-state index is 12.0. The normalized spacial score (nSPS) is 10.3. The Morgan fingerprint density at radius 3 is 1.85 bits per heavy atom. The molecule has 0 saturated heterocycles. The van der Waals surface area contributed by atoms with Crippen LogP contribution in [0.3, 0.4) is 0 Å². The number of hydrogen-bond donors (Lipinski definition) is 0. The number of Topliss-reactive ketones (excluding diaryl/α,β-unsaturated/α-hetero) is 1. The van der Waals surface area contributed by atoms with E-state index >= 15 is 0 Å². The number of carbonyl (C=O) groups is 2. The third-order valence-corrected chi connectivity index (χ3v) is 2.50. The van der Waals surface area contributed by atoms with Gasteiger partial charge >= 0.3 is 5.97 Å². The van der Waals surface area contributed by atoms with Gasteiger partial charge in [-0.25, -0.2) is 4.79 Å². The first-order valence-electron chi connectivity index (χ1n) is 7.18. The minimum Gasteiger partial charge on any atom is -0.462 e. The number of benzene rings is 1. The van der Waals surface area contributed by atoms with Crippen molar-refractivity contribution < 1.29 is 14.3 Å². The molecule has 0 spiro atoms. The summed E-state index contributed by atoms with van der Waals surface area (Å²) >= 11 is 0. The average Bonchev–Trinajstić information content (AvgIpc) is 2.45. The van der Waals surface area contributed by atoms with E-state index in [9.17, 15) is 9.59 Å². The molecule has 3 nitrogen and oxygen atoms in total. The molecule has 0 fully saturated rings. The quantitative estimate of drug-likeness (QED) is 0.601. The molecule has 112 valence electrons. The van der Waals surface area contributed by atoms with E-state index in [1.807, 2.05) is 41.5 Å². The molecule has 0 heterocycles. The molecule has 0 aliphatic rings. The topological polar surface area (TPSA) is 43.4 Å². The van der Waals surface area contributed by atoms with Crippen molar-refractivity contribution >= 4 is 11.8 Å². The Labute approximate surface area is 122 Å². The van der Waals surface area contributed by atoms with E-state index in [0.29, 0.717) is 17.7 Å². The van der Waals surface area contributed by atoms with E-state index < -0.39 is 5.41 Å². The molecule has 0 N–H and O–H groups in total. The molecule has 3 heteroatoms. The Morgan fingerprint density at radius 2 is 1.45 bits per heavy atom. The van der Waals surface area contributed by atoms with Crippen molar-refractivity contribution in [2.24, 2.45) is 5.41 Å². The first-order chi connectivity index (χ1) is 9.36. The van der Waals surface area contributed by atoms with E-state index in [0.717, 1.165) is 6.42 Å². The van der Waals surface area contributed by atoms with Gasteiger partial charge in [0.25, 0.3) is 0 Å². The molecule has 0 amide bonds. The van der Waals surface area contributed by atoms with Crippen molar-refractivity contribution in [3.8, 4) is 0 Å². The number of esters is 1. The van der Waals surface area contributed by atoms with Crippen molar-refractivity contribution in [3.63, 3.8) is 0 Å². The van der Waals surface area contributed by atoms with E-state index in [-0.39, 0.29) is 11.8 Å². The molecular formula is C17H26O3. The Morgan fingerprint density at radius 1 is 1.00 bits per heavy atom. The first kappa shape index (κ1) is 18.4. The molecular weight excluding hydrogens is 252 g/mol. The van der Waals surface area contributed by atoms with Crippen LogP contribution in [-0.2, 0) is 4.74 Å². The fourth-order valence-corrected chi connectivity index (χ4v) is 1.47. The monoisotopic (exact) mass is 278 g/mol. The SMILES string of the molecule is CC.CCCOC(=O)c1ccc(C(=O)C(C)(C)C)cc1. The van der Waals surface area contributed by atoms with Crippen LogP contribution >= 0.6 is 0 Å². The van der Waals surface area contributed by atoms with Crippen LogP contribution in [-0.4, -0.2) is 18.4 Å². The van der Waals surface area contributed by atoms with E-state index in [4.69, 9.17) is 4.74 Å². The fourth-order valence-electron chi connectivity index (χ4n) is 1.47. The van der Waals surface area contributed by atoms with Gasteiger partial charge in [0, 0.05) is 11.0 Å². The van der Waals surface area contributed by atoms with Gasteiger partial charge in [-0.05, 0) is 18.6 Å². The zero-order valence-electron chi connectivity index (χ0n) is 13.4. The lowest BCUT2D eigenvalue weighted by atomic mass is 9.86. The van der Waals surface area contributed by atoms with Crippen molar-refractivity contribution in [1.82, 2.24) is 0 Å². The molecule has 1 aromatic carbocycles. The predicted octanol–water partition coefficient (Wildman–Crippen LogP) is 4.51. The fraction of sp³-hybridized carbons (Fsp3) is 0.529. The molecule has 0 atom stereocenters. The minimum absolute atomic E-state index is 0.0657. The second-order valence-electron chi connectivity index (χ2n) is 5.29. The highest BCUT2D eigenvalue weighted by atomic mass is 16.5. The second-order valence-corrected chi connectivity index (χ2v) is 5.29.